The van der Waals surface area contributed by atoms with Crippen molar-refractivity contribution in [2.24, 2.45) is 11.8 Å². The molecule has 0 radical (unpaired) electrons. The molecule has 0 bridgehead atoms. The Balaban J connectivity index is 2.26. The molecular formula is C11H16BrN3O2S. The van der Waals surface area contributed by atoms with Gasteiger partial charge in [0.05, 0.1) is 0 Å². The van der Waals surface area contributed by atoms with Crippen LogP contribution in [0.3, 0.4) is 0 Å². The molecule has 1 aliphatic carbocycles. The monoisotopic (exact) mass is 333 g/mol. The third-order valence-electron chi connectivity index (χ3n) is 3.30. The van der Waals surface area contributed by atoms with Crippen LogP contribution in [-0.4, -0.2) is 31.3 Å². The van der Waals surface area contributed by atoms with Gasteiger partial charge in [-0.25, -0.2) is 17.7 Å². The Morgan fingerprint density at radius 1 is 1.61 bits per heavy atom. The van der Waals surface area contributed by atoms with E-state index in [0.29, 0.717) is 22.9 Å². The third-order valence-corrected chi connectivity index (χ3v) is 5.59. The van der Waals surface area contributed by atoms with Crippen molar-refractivity contribution in [3.63, 3.8) is 0 Å². The second-order valence-corrected chi connectivity index (χ2v) is 7.72. The molecule has 1 saturated carbocycles. The van der Waals surface area contributed by atoms with Gasteiger partial charge in [0.2, 0.25) is 10.0 Å². The second-order valence-electron chi connectivity index (χ2n) is 4.80. The van der Waals surface area contributed by atoms with E-state index in [1.807, 2.05) is 0 Å². The molecular weight excluding hydrogens is 318 g/mol. The molecule has 18 heavy (non-hydrogen) atoms. The number of aromatic nitrogens is 1. The number of anilines is 1. The summed E-state index contributed by atoms with van der Waals surface area (Å²) in [4.78, 5) is 3.92. The van der Waals surface area contributed by atoms with Crippen LogP contribution >= 0.6 is 15.9 Å². The van der Waals surface area contributed by atoms with Crippen LogP contribution in [0, 0.1) is 11.8 Å². The Morgan fingerprint density at radius 3 is 2.78 bits per heavy atom. The molecule has 5 nitrogen and oxygen atoms in total. The van der Waals surface area contributed by atoms with Crippen molar-refractivity contribution in [2.45, 2.75) is 18.2 Å². The topological polar surface area (TPSA) is 76.3 Å². The van der Waals surface area contributed by atoms with E-state index in [1.54, 1.807) is 7.05 Å². The summed E-state index contributed by atoms with van der Waals surface area (Å²) in [6.45, 7) is 2.66. The summed E-state index contributed by atoms with van der Waals surface area (Å²) >= 11 is 3.21. The van der Waals surface area contributed by atoms with Gasteiger partial charge in [-0.05, 0) is 40.3 Å². The van der Waals surface area contributed by atoms with Crippen LogP contribution < -0.4 is 5.73 Å². The van der Waals surface area contributed by atoms with Gasteiger partial charge < -0.3 is 5.73 Å². The number of sulfonamides is 1. The molecule has 100 valence electrons. The summed E-state index contributed by atoms with van der Waals surface area (Å²) < 4.78 is 26.7. The second kappa shape index (κ2) is 4.79. The third kappa shape index (κ3) is 2.67. The lowest BCUT2D eigenvalue weighted by molar-refractivity contribution is 0.445. The molecule has 1 aliphatic rings. The van der Waals surface area contributed by atoms with Gasteiger partial charge in [0.1, 0.15) is 10.7 Å². The van der Waals surface area contributed by atoms with Crippen LogP contribution in [0.2, 0.25) is 0 Å². The first-order valence-corrected chi connectivity index (χ1v) is 7.93. The summed E-state index contributed by atoms with van der Waals surface area (Å²) in [5, 5.41) is 0. The van der Waals surface area contributed by atoms with E-state index in [0.717, 1.165) is 6.42 Å². The van der Waals surface area contributed by atoms with E-state index in [1.165, 1.54) is 16.6 Å². The average molecular weight is 334 g/mol. The van der Waals surface area contributed by atoms with Crippen molar-refractivity contribution in [1.82, 2.24) is 9.29 Å². The number of hydrogen-bond donors (Lipinski definition) is 1. The van der Waals surface area contributed by atoms with E-state index in [9.17, 15) is 8.42 Å². The van der Waals surface area contributed by atoms with E-state index >= 15 is 0 Å². The van der Waals surface area contributed by atoms with Crippen LogP contribution in [0.15, 0.2) is 21.6 Å². The van der Waals surface area contributed by atoms with E-state index in [2.05, 4.69) is 27.8 Å². The lowest BCUT2D eigenvalue weighted by Gasteiger charge is -2.18. The molecule has 0 aliphatic heterocycles. The highest BCUT2D eigenvalue weighted by Crippen LogP contribution is 2.39. The fraction of sp³-hybridized carbons (Fsp3) is 0.545. The van der Waals surface area contributed by atoms with Crippen molar-refractivity contribution >= 4 is 31.8 Å². The van der Waals surface area contributed by atoms with Crippen LogP contribution in [0.4, 0.5) is 5.82 Å². The van der Waals surface area contributed by atoms with E-state index in [4.69, 9.17) is 5.73 Å². The van der Waals surface area contributed by atoms with Crippen molar-refractivity contribution in [3.8, 4) is 0 Å². The Bertz CT molecular complexity index is 561. The maximum absolute atomic E-state index is 12.4. The molecule has 0 saturated heterocycles. The summed E-state index contributed by atoms with van der Waals surface area (Å²) in [5.41, 5.74) is 5.65. The molecule has 2 unspecified atom stereocenters. The van der Waals surface area contributed by atoms with Gasteiger partial charge in [-0.3, -0.25) is 0 Å². The van der Waals surface area contributed by atoms with Crippen LogP contribution in [-0.2, 0) is 10.0 Å². The molecule has 0 spiro atoms. The number of halogens is 1. The van der Waals surface area contributed by atoms with Gasteiger partial charge in [-0.2, -0.15) is 0 Å². The molecule has 0 amide bonds. The number of rotatable bonds is 4. The maximum Gasteiger partial charge on any atom is 0.246 e. The molecule has 1 aromatic rings. The summed E-state index contributed by atoms with van der Waals surface area (Å²) in [5.74, 6) is 1.11. The molecule has 1 aromatic heterocycles. The minimum atomic E-state index is -3.55. The van der Waals surface area contributed by atoms with E-state index < -0.39 is 10.0 Å². The number of nitrogen functional groups attached to an aromatic ring is 1. The highest BCUT2D eigenvalue weighted by Gasteiger charge is 2.36. The fourth-order valence-corrected chi connectivity index (χ4v) is 3.69. The average Bonchev–Trinajstić information content (AvgIpc) is 2.97. The quantitative estimate of drug-likeness (QED) is 0.909. The predicted octanol–water partition coefficient (Wildman–Crippen LogP) is 1.70. The summed E-state index contributed by atoms with van der Waals surface area (Å²) in [7, 11) is -1.97. The molecule has 1 fully saturated rings. The smallest absolute Gasteiger partial charge is 0.246 e. The van der Waals surface area contributed by atoms with Gasteiger partial charge in [0.25, 0.3) is 0 Å². The number of nitrogens with two attached hydrogens (primary N) is 1. The van der Waals surface area contributed by atoms with Crippen LogP contribution in [0.5, 0.6) is 0 Å². The minimum Gasteiger partial charge on any atom is -0.383 e. The number of hydrogen-bond acceptors (Lipinski definition) is 4. The lowest BCUT2D eigenvalue weighted by atomic mass is 10.3. The number of nitrogens with zero attached hydrogens (tertiary/aromatic N) is 2. The van der Waals surface area contributed by atoms with Gasteiger partial charge in [-0.15, -0.1) is 0 Å². The zero-order valence-corrected chi connectivity index (χ0v) is 12.7. The first-order chi connectivity index (χ1) is 8.32. The fourth-order valence-electron chi connectivity index (χ4n) is 1.89. The Kier molecular flexibility index (Phi) is 3.66. The van der Waals surface area contributed by atoms with Gasteiger partial charge in [0.15, 0.2) is 0 Å². The lowest BCUT2D eigenvalue weighted by Crippen LogP contribution is -2.30. The SMILES string of the molecule is CC1CC1CN(C)S(=O)(=O)c1cc(Br)cnc1N. The minimum absolute atomic E-state index is 0.0360. The van der Waals surface area contributed by atoms with Crippen molar-refractivity contribution < 1.29 is 8.42 Å². The van der Waals surface area contributed by atoms with Crippen molar-refractivity contribution in [3.05, 3.63) is 16.7 Å². The standard InChI is InChI=1S/C11H16BrN3O2S/c1-7-3-8(7)6-15(2)18(16,17)10-4-9(12)5-14-11(10)13/h4-5,7-8H,3,6H2,1-2H3,(H2,13,14). The molecule has 0 aromatic carbocycles. The molecule has 2 rings (SSSR count). The Morgan fingerprint density at radius 2 is 2.22 bits per heavy atom. The van der Waals surface area contributed by atoms with Gasteiger partial charge in [-0.1, -0.05) is 6.92 Å². The van der Waals surface area contributed by atoms with Crippen molar-refractivity contribution in [2.75, 3.05) is 19.3 Å². The largest absolute Gasteiger partial charge is 0.383 e. The maximum atomic E-state index is 12.4. The molecule has 2 atom stereocenters. The summed E-state index contributed by atoms with van der Waals surface area (Å²) in [6, 6.07) is 1.49. The van der Waals surface area contributed by atoms with Gasteiger partial charge in [0, 0.05) is 24.3 Å². The molecule has 2 N–H and O–H groups in total. The van der Waals surface area contributed by atoms with E-state index in [-0.39, 0.29) is 10.7 Å². The van der Waals surface area contributed by atoms with Gasteiger partial charge >= 0.3 is 0 Å². The molecule has 7 heteroatoms. The highest BCUT2D eigenvalue weighted by molar-refractivity contribution is 9.10. The Hall–Kier alpha value is -0.660. The van der Waals surface area contributed by atoms with Crippen molar-refractivity contribution in [1.29, 1.82) is 0 Å². The van der Waals surface area contributed by atoms with Crippen LogP contribution in [0.25, 0.3) is 0 Å². The zero-order valence-electron chi connectivity index (χ0n) is 10.3. The number of pyridine rings is 1. The van der Waals surface area contributed by atoms with Crippen LogP contribution in [0.1, 0.15) is 13.3 Å². The normalized spacial score (nSPS) is 23.3. The predicted molar refractivity (Wildman–Crippen MR) is 73.4 cm³/mol. The Labute approximate surface area is 116 Å². The zero-order chi connectivity index (χ0) is 13.5. The highest BCUT2D eigenvalue weighted by atomic mass is 79.9. The first-order valence-electron chi connectivity index (χ1n) is 5.69. The first kappa shape index (κ1) is 13.8. The summed E-state index contributed by atoms with van der Waals surface area (Å²) in [6.07, 6.45) is 2.57. The molecule has 1 heterocycles.